The van der Waals surface area contributed by atoms with Crippen LogP contribution in [-0.4, -0.2) is 62.9 Å². The van der Waals surface area contributed by atoms with Crippen LogP contribution >= 0.6 is 0 Å². The molecule has 0 spiro atoms. The summed E-state index contributed by atoms with van der Waals surface area (Å²) in [5.41, 5.74) is -1.07. The Morgan fingerprint density at radius 1 is 1.31 bits per heavy atom. The number of hydrogen-bond acceptors (Lipinski definition) is 5. The predicted molar refractivity (Wildman–Crippen MR) is 95.9 cm³/mol. The van der Waals surface area contributed by atoms with E-state index in [0.717, 1.165) is 0 Å². The lowest BCUT2D eigenvalue weighted by molar-refractivity contribution is -0.155. The van der Waals surface area contributed by atoms with Crippen molar-refractivity contribution in [2.24, 2.45) is 5.41 Å². The number of methoxy groups -OCH3 is 1. The van der Waals surface area contributed by atoms with E-state index in [2.05, 4.69) is 0 Å². The molecule has 0 saturated carbocycles. The molecule has 1 N–H and O–H groups in total. The van der Waals surface area contributed by atoms with Gasteiger partial charge in [-0.1, -0.05) is 19.1 Å². The minimum atomic E-state index is -3.57. The second-order valence-corrected chi connectivity index (χ2v) is 8.74. The van der Waals surface area contributed by atoms with E-state index in [1.54, 1.807) is 19.1 Å². The van der Waals surface area contributed by atoms with Gasteiger partial charge in [0.25, 0.3) is 5.91 Å². The number of piperidine rings is 1. The van der Waals surface area contributed by atoms with E-state index >= 15 is 0 Å². The van der Waals surface area contributed by atoms with Gasteiger partial charge < -0.3 is 14.7 Å². The molecule has 0 bridgehead atoms. The zero-order chi connectivity index (χ0) is 19.4. The van der Waals surface area contributed by atoms with E-state index in [9.17, 15) is 23.1 Å². The van der Waals surface area contributed by atoms with Gasteiger partial charge in [0.1, 0.15) is 5.41 Å². The van der Waals surface area contributed by atoms with E-state index in [0.29, 0.717) is 25.8 Å². The fourth-order valence-electron chi connectivity index (χ4n) is 3.40. The monoisotopic (exact) mass is 383 g/mol. The predicted octanol–water partition coefficient (Wildman–Crippen LogP) is 1.82. The van der Waals surface area contributed by atoms with Crippen LogP contribution in [0, 0.1) is 5.41 Å². The average Bonchev–Trinajstić information content (AvgIpc) is 2.61. The van der Waals surface area contributed by atoms with Crippen molar-refractivity contribution >= 4 is 21.7 Å². The molecule has 8 heteroatoms. The van der Waals surface area contributed by atoms with E-state index < -0.39 is 27.1 Å². The number of hydrogen-bond donors (Lipinski definition) is 1. The third-order valence-electron chi connectivity index (χ3n) is 4.66. The number of rotatable bonds is 7. The number of carboxylic acid groups (broad SMARTS) is 1. The first-order valence-corrected chi connectivity index (χ1v) is 10.3. The number of carbonyl (C=O) groups excluding carboxylic acids is 1. The maximum Gasteiger partial charge on any atom is 0.313 e. The first-order chi connectivity index (χ1) is 12.3. The van der Waals surface area contributed by atoms with Crippen molar-refractivity contribution in [2.45, 2.75) is 31.1 Å². The minimum Gasteiger partial charge on any atom is -0.481 e. The SMILES string of the molecule is CCCS(=O)(=O)c1ccccc1C(=O)N1CCCC(COC)(C(=O)O)C1. The molecule has 1 heterocycles. The summed E-state index contributed by atoms with van der Waals surface area (Å²) in [5.74, 6) is -1.51. The number of carbonyl (C=O) groups is 2. The molecule has 1 aliphatic rings. The van der Waals surface area contributed by atoms with Crippen molar-refractivity contribution in [3.8, 4) is 0 Å². The van der Waals surface area contributed by atoms with Crippen LogP contribution in [0.25, 0.3) is 0 Å². The summed E-state index contributed by atoms with van der Waals surface area (Å²) < 4.78 is 30.1. The van der Waals surface area contributed by atoms with Gasteiger partial charge in [0.05, 0.1) is 22.8 Å². The number of carboxylic acids is 1. The van der Waals surface area contributed by atoms with Gasteiger partial charge in [-0.2, -0.15) is 0 Å². The largest absolute Gasteiger partial charge is 0.481 e. The first kappa shape index (κ1) is 20.4. The molecule has 1 unspecified atom stereocenters. The van der Waals surface area contributed by atoms with E-state index in [1.165, 1.54) is 24.1 Å². The Morgan fingerprint density at radius 2 is 2.00 bits per heavy atom. The molecule has 26 heavy (non-hydrogen) atoms. The van der Waals surface area contributed by atoms with Gasteiger partial charge in [0.15, 0.2) is 9.84 Å². The Morgan fingerprint density at radius 3 is 2.62 bits per heavy atom. The highest BCUT2D eigenvalue weighted by Crippen LogP contribution is 2.32. The molecule has 0 radical (unpaired) electrons. The van der Waals surface area contributed by atoms with Crippen molar-refractivity contribution < 1.29 is 27.9 Å². The molecular weight excluding hydrogens is 358 g/mol. The molecule has 1 aromatic carbocycles. The number of nitrogens with zero attached hydrogens (tertiary/aromatic N) is 1. The Kier molecular flexibility index (Phi) is 6.41. The fraction of sp³-hybridized carbons (Fsp3) is 0.556. The lowest BCUT2D eigenvalue weighted by Crippen LogP contribution is -2.52. The summed E-state index contributed by atoms with van der Waals surface area (Å²) in [6.45, 7) is 2.15. The van der Waals surface area contributed by atoms with Gasteiger partial charge in [-0.05, 0) is 31.4 Å². The van der Waals surface area contributed by atoms with Gasteiger partial charge in [-0.25, -0.2) is 8.42 Å². The number of likely N-dealkylation sites (tertiary alicyclic amines) is 1. The maximum atomic E-state index is 13.0. The number of amides is 1. The van der Waals surface area contributed by atoms with Crippen molar-refractivity contribution in [3.05, 3.63) is 29.8 Å². The molecule has 1 atom stereocenters. The summed E-state index contributed by atoms with van der Waals surface area (Å²) in [7, 11) is -2.14. The highest BCUT2D eigenvalue weighted by atomic mass is 32.2. The van der Waals surface area contributed by atoms with Gasteiger partial charge >= 0.3 is 5.97 Å². The number of benzene rings is 1. The normalized spacial score (nSPS) is 20.8. The first-order valence-electron chi connectivity index (χ1n) is 8.61. The molecule has 0 aliphatic carbocycles. The van der Waals surface area contributed by atoms with E-state index in [1.807, 2.05) is 0 Å². The molecule has 144 valence electrons. The quantitative estimate of drug-likeness (QED) is 0.771. The number of sulfone groups is 1. The lowest BCUT2D eigenvalue weighted by Gasteiger charge is -2.39. The number of ether oxygens (including phenoxy) is 1. The Hall–Kier alpha value is -1.93. The van der Waals surface area contributed by atoms with Crippen LogP contribution in [0.1, 0.15) is 36.5 Å². The topological polar surface area (TPSA) is 101 Å². The Bertz CT molecular complexity index is 772. The molecular formula is C18H25NO6S. The number of aliphatic carboxylic acids is 1. The molecule has 1 saturated heterocycles. The van der Waals surface area contributed by atoms with Crippen molar-refractivity contribution in [3.63, 3.8) is 0 Å². The van der Waals surface area contributed by atoms with Gasteiger partial charge in [-0.15, -0.1) is 0 Å². The maximum absolute atomic E-state index is 13.0. The molecule has 1 aliphatic heterocycles. The van der Waals surface area contributed by atoms with Gasteiger partial charge in [-0.3, -0.25) is 9.59 Å². The second kappa shape index (κ2) is 8.18. The summed E-state index contributed by atoms with van der Waals surface area (Å²) in [4.78, 5) is 26.2. The fourth-order valence-corrected chi connectivity index (χ4v) is 4.93. The molecule has 2 rings (SSSR count). The lowest BCUT2D eigenvalue weighted by atomic mass is 9.80. The van der Waals surface area contributed by atoms with Crippen molar-refractivity contribution in [1.29, 1.82) is 0 Å². The Balaban J connectivity index is 2.36. The highest BCUT2D eigenvalue weighted by Gasteiger charge is 2.44. The zero-order valence-corrected chi connectivity index (χ0v) is 15.9. The third-order valence-corrected chi connectivity index (χ3v) is 6.64. The standard InChI is InChI=1S/C18H25NO6S/c1-3-11-26(23,24)15-8-5-4-7-14(15)16(20)19-10-6-9-18(12-19,13-25-2)17(21)22/h4-5,7-8H,3,6,9-13H2,1-2H3,(H,21,22). The van der Waals surface area contributed by atoms with Gasteiger partial charge in [0.2, 0.25) is 0 Å². The van der Waals surface area contributed by atoms with E-state index in [4.69, 9.17) is 4.74 Å². The average molecular weight is 383 g/mol. The van der Waals surface area contributed by atoms with Crippen LogP contribution in [0.4, 0.5) is 0 Å². The van der Waals surface area contributed by atoms with Crippen LogP contribution in [0.3, 0.4) is 0 Å². The Labute approximate surface area is 153 Å². The molecule has 1 aromatic rings. The molecule has 7 nitrogen and oxygen atoms in total. The molecule has 0 aromatic heterocycles. The zero-order valence-electron chi connectivity index (χ0n) is 15.1. The van der Waals surface area contributed by atoms with Gasteiger partial charge in [0, 0.05) is 20.2 Å². The summed E-state index contributed by atoms with van der Waals surface area (Å²) in [6.07, 6.45) is 1.38. The minimum absolute atomic E-state index is 0.00188. The highest BCUT2D eigenvalue weighted by molar-refractivity contribution is 7.91. The summed E-state index contributed by atoms with van der Waals surface area (Å²) in [6, 6.07) is 6.11. The van der Waals surface area contributed by atoms with Crippen LogP contribution in [0.15, 0.2) is 29.2 Å². The molecule has 1 amide bonds. The summed E-state index contributed by atoms with van der Waals surface area (Å²) >= 11 is 0. The van der Waals surface area contributed by atoms with Crippen molar-refractivity contribution in [1.82, 2.24) is 4.90 Å². The smallest absolute Gasteiger partial charge is 0.313 e. The van der Waals surface area contributed by atoms with Crippen molar-refractivity contribution in [2.75, 3.05) is 32.6 Å². The van der Waals surface area contributed by atoms with Crippen LogP contribution in [0.5, 0.6) is 0 Å². The second-order valence-electron chi connectivity index (χ2n) is 6.66. The van der Waals surface area contributed by atoms with Crippen LogP contribution in [0.2, 0.25) is 0 Å². The summed E-state index contributed by atoms with van der Waals surface area (Å²) in [5, 5.41) is 9.63. The molecule has 1 fully saturated rings. The third kappa shape index (κ3) is 4.07. The van der Waals surface area contributed by atoms with Crippen LogP contribution < -0.4 is 0 Å². The van der Waals surface area contributed by atoms with Crippen LogP contribution in [-0.2, 0) is 19.4 Å². The van der Waals surface area contributed by atoms with E-state index in [-0.39, 0.29) is 29.4 Å².